The summed E-state index contributed by atoms with van der Waals surface area (Å²) >= 11 is 0. The molecule has 0 spiro atoms. The van der Waals surface area contributed by atoms with Gasteiger partial charge in [-0.2, -0.15) is 0 Å². The van der Waals surface area contributed by atoms with Crippen molar-refractivity contribution in [1.82, 2.24) is 0 Å². The summed E-state index contributed by atoms with van der Waals surface area (Å²) in [6.45, 7) is 1.20. The molecule has 48 valence electrons. The molecule has 4 nitrogen and oxygen atoms in total. The molecule has 0 amide bonds. The van der Waals surface area contributed by atoms with Crippen LogP contribution in [0.15, 0.2) is 0 Å². The molecule has 0 radical (unpaired) electrons. The van der Waals surface area contributed by atoms with Gasteiger partial charge < -0.3 is 15.7 Å². The summed E-state index contributed by atoms with van der Waals surface area (Å²) in [6, 6.07) is 0. The highest BCUT2D eigenvalue weighted by atomic mass is 24.3. The number of aliphatic hydroxyl groups is 1. The highest BCUT2D eigenvalue weighted by Crippen LogP contribution is 1.73. The highest BCUT2D eigenvalue weighted by Gasteiger charge is 2.01. The van der Waals surface area contributed by atoms with Crippen LogP contribution in [0.2, 0.25) is 0 Å². The third-order valence-corrected chi connectivity index (χ3v) is 0.357. The molecular formula is C3H10MgO4. The molecule has 1 atom stereocenters. The van der Waals surface area contributed by atoms with E-state index in [4.69, 9.17) is 10.2 Å². The summed E-state index contributed by atoms with van der Waals surface area (Å²) in [7, 11) is 0. The maximum Gasteiger partial charge on any atom is 0.332 e. The largest absolute Gasteiger partial charge is 0.479 e. The summed E-state index contributed by atoms with van der Waals surface area (Å²) in [5.41, 5.74) is 0. The Morgan fingerprint density at radius 3 is 1.75 bits per heavy atom. The van der Waals surface area contributed by atoms with Crippen molar-refractivity contribution in [2.75, 3.05) is 0 Å². The van der Waals surface area contributed by atoms with Gasteiger partial charge >= 0.3 is 29.0 Å². The van der Waals surface area contributed by atoms with Crippen molar-refractivity contribution < 1.29 is 20.5 Å². The number of rotatable bonds is 1. The summed E-state index contributed by atoms with van der Waals surface area (Å²) in [5.74, 6) is -1.19. The number of carbonyl (C=O) groups is 1. The minimum Gasteiger partial charge on any atom is -0.479 e. The number of carboxylic acids is 1. The van der Waals surface area contributed by atoms with Crippen molar-refractivity contribution in [1.29, 1.82) is 0 Å². The first kappa shape index (κ1) is 15.7. The van der Waals surface area contributed by atoms with E-state index in [9.17, 15) is 4.79 Å². The van der Waals surface area contributed by atoms with Crippen LogP contribution < -0.4 is 0 Å². The molecule has 0 rings (SSSR count). The second-order valence-corrected chi connectivity index (χ2v) is 1.01. The minimum absolute atomic E-state index is 0. The number of hydrogen-bond acceptors (Lipinski definition) is 2. The van der Waals surface area contributed by atoms with Gasteiger partial charge in [-0.3, -0.25) is 0 Å². The predicted molar refractivity (Wildman–Crippen MR) is 31.5 cm³/mol. The Balaban J connectivity index is -0.000000125. The van der Waals surface area contributed by atoms with Gasteiger partial charge in [0.25, 0.3) is 0 Å². The fourth-order valence-corrected chi connectivity index (χ4v) is 0. The van der Waals surface area contributed by atoms with Crippen LogP contribution in [0.4, 0.5) is 0 Å². The van der Waals surface area contributed by atoms with E-state index >= 15 is 0 Å². The normalized spacial score (nSPS) is 10.2. The molecular weight excluding hydrogens is 124 g/mol. The van der Waals surface area contributed by atoms with Gasteiger partial charge in [-0.1, -0.05) is 0 Å². The molecule has 8 heavy (non-hydrogen) atoms. The smallest absolute Gasteiger partial charge is 0.332 e. The second-order valence-electron chi connectivity index (χ2n) is 1.01. The lowest BCUT2D eigenvalue weighted by molar-refractivity contribution is -0.145. The predicted octanol–water partition coefficient (Wildman–Crippen LogP) is -2.29. The molecule has 0 aliphatic rings. The fourth-order valence-electron chi connectivity index (χ4n) is 0. The van der Waals surface area contributed by atoms with Crippen molar-refractivity contribution in [3.63, 3.8) is 0 Å². The van der Waals surface area contributed by atoms with E-state index in [0.717, 1.165) is 0 Å². The molecule has 0 aliphatic carbocycles. The van der Waals surface area contributed by atoms with Crippen LogP contribution >= 0.6 is 0 Å². The van der Waals surface area contributed by atoms with E-state index in [-0.39, 0.29) is 28.5 Å². The third kappa shape index (κ3) is 9.48. The van der Waals surface area contributed by atoms with Crippen molar-refractivity contribution in [2.45, 2.75) is 13.0 Å². The Kier molecular flexibility index (Phi) is 14.1. The zero-order valence-electron chi connectivity index (χ0n) is 3.88. The van der Waals surface area contributed by atoms with Crippen LogP contribution in [0.3, 0.4) is 0 Å². The molecule has 0 heterocycles. The number of carboxylic acid groups (broad SMARTS) is 1. The summed E-state index contributed by atoms with van der Waals surface area (Å²) in [6.07, 6.45) is -1.23. The van der Waals surface area contributed by atoms with Crippen molar-refractivity contribution >= 4 is 29.0 Å². The molecule has 5 heteroatoms. The SMILES string of the molecule is CC(O)C(=O)O.O.[MgH2]. The maximum atomic E-state index is 9.45. The fraction of sp³-hybridized carbons (Fsp3) is 0.667. The Morgan fingerprint density at radius 1 is 1.62 bits per heavy atom. The summed E-state index contributed by atoms with van der Waals surface area (Å²) < 4.78 is 0. The maximum absolute atomic E-state index is 9.45. The van der Waals surface area contributed by atoms with E-state index in [1.54, 1.807) is 0 Å². The molecule has 0 bridgehead atoms. The monoisotopic (exact) mass is 134 g/mol. The van der Waals surface area contributed by atoms with Gasteiger partial charge in [-0.15, -0.1) is 0 Å². The quantitative estimate of drug-likeness (QED) is 0.396. The molecule has 0 saturated carbocycles. The molecule has 1 unspecified atom stereocenters. The van der Waals surface area contributed by atoms with Gasteiger partial charge in [-0.25, -0.2) is 4.79 Å². The lowest BCUT2D eigenvalue weighted by Gasteiger charge is -1.89. The lowest BCUT2D eigenvalue weighted by atomic mass is 10.4. The summed E-state index contributed by atoms with van der Waals surface area (Å²) in [4.78, 5) is 9.45. The molecule has 0 fully saturated rings. The first-order chi connectivity index (χ1) is 2.64. The van der Waals surface area contributed by atoms with Crippen LogP contribution in [0.25, 0.3) is 0 Å². The van der Waals surface area contributed by atoms with Crippen molar-refractivity contribution in [2.24, 2.45) is 0 Å². The zero-order chi connectivity index (χ0) is 5.15. The van der Waals surface area contributed by atoms with Gasteiger partial charge in [-0.05, 0) is 6.92 Å². The van der Waals surface area contributed by atoms with Gasteiger partial charge in [0.2, 0.25) is 0 Å². The Bertz CT molecular complexity index is 62.3. The number of hydrogen-bond donors (Lipinski definition) is 2. The van der Waals surface area contributed by atoms with E-state index in [1.807, 2.05) is 0 Å². The first-order valence-corrected chi connectivity index (χ1v) is 1.55. The van der Waals surface area contributed by atoms with Crippen LogP contribution in [-0.2, 0) is 4.79 Å². The van der Waals surface area contributed by atoms with E-state index in [1.165, 1.54) is 6.92 Å². The van der Waals surface area contributed by atoms with E-state index in [2.05, 4.69) is 0 Å². The summed E-state index contributed by atoms with van der Waals surface area (Å²) in [5, 5.41) is 15.8. The van der Waals surface area contributed by atoms with Gasteiger partial charge in [0.1, 0.15) is 6.10 Å². The van der Waals surface area contributed by atoms with Crippen LogP contribution in [0.5, 0.6) is 0 Å². The standard InChI is InChI=1S/C3H6O3.Mg.H2O.2H/c1-2(4)3(5)6;;;;/h2,4H,1H3,(H,5,6);;1H2;;. The average Bonchev–Trinajstić information content (AvgIpc) is 1.36. The van der Waals surface area contributed by atoms with Gasteiger partial charge in [0.05, 0.1) is 0 Å². The molecule has 0 aromatic heterocycles. The Morgan fingerprint density at radius 2 is 1.75 bits per heavy atom. The van der Waals surface area contributed by atoms with Crippen LogP contribution in [0, 0.1) is 0 Å². The topological polar surface area (TPSA) is 89.0 Å². The first-order valence-electron chi connectivity index (χ1n) is 1.55. The van der Waals surface area contributed by atoms with Crippen molar-refractivity contribution in [3.8, 4) is 0 Å². The van der Waals surface area contributed by atoms with Crippen LogP contribution in [0.1, 0.15) is 6.92 Å². The zero-order valence-corrected chi connectivity index (χ0v) is 3.88. The van der Waals surface area contributed by atoms with E-state index < -0.39 is 12.1 Å². The lowest BCUT2D eigenvalue weighted by Crippen LogP contribution is -2.13. The molecule has 0 aliphatic heterocycles. The second kappa shape index (κ2) is 7.16. The minimum atomic E-state index is -1.23. The van der Waals surface area contributed by atoms with Gasteiger partial charge in [0, 0.05) is 0 Å². The molecule has 0 aromatic rings. The van der Waals surface area contributed by atoms with Crippen LogP contribution in [-0.4, -0.2) is 50.8 Å². The number of aliphatic hydroxyl groups excluding tert-OH is 1. The molecule has 0 saturated heterocycles. The molecule has 4 N–H and O–H groups in total. The van der Waals surface area contributed by atoms with E-state index in [0.29, 0.717) is 0 Å². The average molecular weight is 134 g/mol. The Hall–Kier alpha value is 0.156. The third-order valence-electron chi connectivity index (χ3n) is 0.357. The van der Waals surface area contributed by atoms with Gasteiger partial charge in [0.15, 0.2) is 0 Å². The molecule has 0 aromatic carbocycles. The van der Waals surface area contributed by atoms with Crippen molar-refractivity contribution in [3.05, 3.63) is 0 Å². The highest BCUT2D eigenvalue weighted by molar-refractivity contribution is 5.75. The number of aliphatic carboxylic acids is 1. The Labute approximate surface area is 63.0 Å².